The first-order valence-corrected chi connectivity index (χ1v) is 6.84. The molecule has 2 atom stereocenters. The Kier molecular flexibility index (Phi) is 4.79. The van der Waals surface area contributed by atoms with E-state index in [0.717, 1.165) is 4.47 Å². The highest BCUT2D eigenvalue weighted by molar-refractivity contribution is 9.10. The Morgan fingerprint density at radius 3 is 2.95 bits per heavy atom. The molecule has 1 heterocycles. The van der Waals surface area contributed by atoms with E-state index in [4.69, 9.17) is 9.47 Å². The molecule has 0 spiro atoms. The summed E-state index contributed by atoms with van der Waals surface area (Å²) in [5.74, 6) is 0.387. The molecule has 1 aliphatic rings. The molecule has 6 heteroatoms. The summed E-state index contributed by atoms with van der Waals surface area (Å²) in [5.41, 5.74) is 0.656. The fourth-order valence-corrected chi connectivity index (χ4v) is 2.46. The summed E-state index contributed by atoms with van der Waals surface area (Å²) in [6.45, 7) is 0.998. The second kappa shape index (κ2) is 6.36. The fourth-order valence-electron chi connectivity index (χ4n) is 2.10. The van der Waals surface area contributed by atoms with Crippen molar-refractivity contribution in [3.8, 4) is 5.75 Å². The van der Waals surface area contributed by atoms with E-state index in [1.165, 1.54) is 0 Å². The number of benzene rings is 1. The second-order valence-corrected chi connectivity index (χ2v) is 5.29. The Labute approximate surface area is 120 Å². The zero-order valence-corrected chi connectivity index (χ0v) is 12.5. The summed E-state index contributed by atoms with van der Waals surface area (Å²) in [6.07, 6.45) is 0. The lowest BCUT2D eigenvalue weighted by molar-refractivity contribution is -0.120. The van der Waals surface area contributed by atoms with Gasteiger partial charge in [-0.15, -0.1) is 0 Å². The standard InChI is InChI=1S/C13H17BrN2O3/c1-15-11-7-19-6-9(11)13(17)16-10-5-8(14)3-4-12(10)18-2/h3-5,9,11,15H,6-7H2,1-2H3,(H,16,17). The molecule has 2 N–H and O–H groups in total. The Morgan fingerprint density at radius 2 is 2.26 bits per heavy atom. The normalized spacial score (nSPS) is 22.3. The molecule has 1 saturated heterocycles. The van der Waals surface area contributed by atoms with Gasteiger partial charge >= 0.3 is 0 Å². The van der Waals surface area contributed by atoms with Crippen molar-refractivity contribution in [2.45, 2.75) is 6.04 Å². The molecule has 5 nitrogen and oxygen atoms in total. The Morgan fingerprint density at radius 1 is 1.47 bits per heavy atom. The minimum absolute atomic E-state index is 0.0538. The van der Waals surface area contributed by atoms with Crippen molar-refractivity contribution >= 4 is 27.5 Å². The lowest BCUT2D eigenvalue weighted by Gasteiger charge is -2.17. The molecule has 0 saturated carbocycles. The molecule has 1 amide bonds. The van der Waals surface area contributed by atoms with Crippen LogP contribution in [-0.2, 0) is 9.53 Å². The van der Waals surface area contributed by atoms with Gasteiger partial charge in [0.15, 0.2) is 0 Å². The zero-order valence-electron chi connectivity index (χ0n) is 10.9. The molecule has 104 valence electrons. The van der Waals surface area contributed by atoms with E-state index in [2.05, 4.69) is 26.6 Å². The summed E-state index contributed by atoms with van der Waals surface area (Å²) in [5, 5.41) is 5.99. The molecular weight excluding hydrogens is 312 g/mol. The number of ether oxygens (including phenoxy) is 2. The van der Waals surface area contributed by atoms with E-state index in [9.17, 15) is 4.79 Å². The molecule has 2 unspecified atom stereocenters. The van der Waals surface area contributed by atoms with E-state index in [0.29, 0.717) is 24.7 Å². The third-order valence-electron chi connectivity index (χ3n) is 3.21. The number of halogens is 1. The zero-order chi connectivity index (χ0) is 13.8. The average molecular weight is 329 g/mol. The first-order valence-electron chi connectivity index (χ1n) is 6.05. The van der Waals surface area contributed by atoms with Crippen LogP contribution in [-0.4, -0.2) is 39.3 Å². The highest BCUT2D eigenvalue weighted by atomic mass is 79.9. The van der Waals surface area contributed by atoms with Gasteiger partial charge in [-0.25, -0.2) is 0 Å². The molecule has 0 aromatic heterocycles. The molecular formula is C13H17BrN2O3. The quantitative estimate of drug-likeness (QED) is 0.882. The van der Waals surface area contributed by atoms with Gasteiger partial charge in [-0.3, -0.25) is 4.79 Å². The van der Waals surface area contributed by atoms with Gasteiger partial charge in [0.2, 0.25) is 5.91 Å². The maximum Gasteiger partial charge on any atom is 0.231 e. The average Bonchev–Trinajstić information content (AvgIpc) is 2.87. The van der Waals surface area contributed by atoms with Crippen LogP contribution in [0.25, 0.3) is 0 Å². The predicted octanol–water partition coefficient (Wildman–Crippen LogP) is 1.63. The van der Waals surface area contributed by atoms with Crippen LogP contribution in [0.1, 0.15) is 0 Å². The molecule has 1 aliphatic heterocycles. The van der Waals surface area contributed by atoms with Gasteiger partial charge in [-0.2, -0.15) is 0 Å². The predicted molar refractivity (Wildman–Crippen MR) is 76.5 cm³/mol. The second-order valence-electron chi connectivity index (χ2n) is 4.37. The monoisotopic (exact) mass is 328 g/mol. The van der Waals surface area contributed by atoms with Gasteiger partial charge < -0.3 is 20.1 Å². The largest absolute Gasteiger partial charge is 0.495 e. The Bertz CT molecular complexity index is 467. The Hall–Kier alpha value is -1.11. The number of anilines is 1. The first-order chi connectivity index (χ1) is 9.15. The van der Waals surface area contributed by atoms with Crippen molar-refractivity contribution in [3.63, 3.8) is 0 Å². The molecule has 0 bridgehead atoms. The lowest BCUT2D eigenvalue weighted by Crippen LogP contribution is -2.39. The lowest BCUT2D eigenvalue weighted by atomic mass is 10.0. The van der Waals surface area contributed by atoms with E-state index in [1.54, 1.807) is 13.2 Å². The van der Waals surface area contributed by atoms with Gasteiger partial charge in [-0.05, 0) is 25.2 Å². The number of hydrogen-bond acceptors (Lipinski definition) is 4. The van der Waals surface area contributed by atoms with Crippen molar-refractivity contribution in [1.82, 2.24) is 5.32 Å². The number of hydrogen-bond donors (Lipinski definition) is 2. The van der Waals surface area contributed by atoms with Crippen LogP contribution in [0.2, 0.25) is 0 Å². The van der Waals surface area contributed by atoms with Crippen LogP contribution in [0.15, 0.2) is 22.7 Å². The van der Waals surface area contributed by atoms with Crippen LogP contribution in [0, 0.1) is 5.92 Å². The van der Waals surface area contributed by atoms with Crippen LogP contribution < -0.4 is 15.4 Å². The van der Waals surface area contributed by atoms with E-state index in [1.807, 2.05) is 19.2 Å². The van der Waals surface area contributed by atoms with E-state index >= 15 is 0 Å². The number of carbonyl (C=O) groups is 1. The molecule has 1 aromatic carbocycles. The maximum atomic E-state index is 12.3. The first kappa shape index (κ1) is 14.3. The molecule has 19 heavy (non-hydrogen) atoms. The highest BCUT2D eigenvalue weighted by Gasteiger charge is 2.33. The maximum absolute atomic E-state index is 12.3. The fraction of sp³-hybridized carbons (Fsp3) is 0.462. The molecule has 0 radical (unpaired) electrons. The van der Waals surface area contributed by atoms with Gasteiger partial charge in [0.1, 0.15) is 5.75 Å². The Balaban J connectivity index is 2.12. The van der Waals surface area contributed by atoms with Gasteiger partial charge in [-0.1, -0.05) is 15.9 Å². The minimum Gasteiger partial charge on any atom is -0.495 e. The van der Waals surface area contributed by atoms with Crippen molar-refractivity contribution < 1.29 is 14.3 Å². The highest BCUT2D eigenvalue weighted by Crippen LogP contribution is 2.29. The summed E-state index contributed by atoms with van der Waals surface area (Å²) < 4.78 is 11.5. The molecule has 2 rings (SSSR count). The third kappa shape index (κ3) is 3.26. The van der Waals surface area contributed by atoms with Crippen LogP contribution in [0.5, 0.6) is 5.75 Å². The van der Waals surface area contributed by atoms with Gasteiger partial charge in [0, 0.05) is 10.5 Å². The van der Waals surface area contributed by atoms with E-state index in [-0.39, 0.29) is 17.9 Å². The summed E-state index contributed by atoms with van der Waals surface area (Å²) >= 11 is 3.38. The van der Waals surface area contributed by atoms with Crippen molar-refractivity contribution in [1.29, 1.82) is 0 Å². The number of rotatable bonds is 4. The van der Waals surface area contributed by atoms with Crippen molar-refractivity contribution in [2.24, 2.45) is 5.92 Å². The topological polar surface area (TPSA) is 59.6 Å². The number of amides is 1. The summed E-state index contributed by atoms with van der Waals surface area (Å²) in [6, 6.07) is 5.54. The molecule has 1 fully saturated rings. The van der Waals surface area contributed by atoms with Crippen LogP contribution in [0.4, 0.5) is 5.69 Å². The van der Waals surface area contributed by atoms with Crippen LogP contribution in [0.3, 0.4) is 0 Å². The van der Waals surface area contributed by atoms with Crippen LogP contribution >= 0.6 is 15.9 Å². The van der Waals surface area contributed by atoms with Crippen molar-refractivity contribution in [3.05, 3.63) is 22.7 Å². The SMILES string of the molecule is CNC1COCC1C(=O)Nc1cc(Br)ccc1OC. The smallest absolute Gasteiger partial charge is 0.231 e. The molecule has 0 aliphatic carbocycles. The number of nitrogens with one attached hydrogen (secondary N) is 2. The number of likely N-dealkylation sites (N-methyl/N-ethyl adjacent to an activating group) is 1. The molecule has 1 aromatic rings. The number of carbonyl (C=O) groups excluding carboxylic acids is 1. The summed E-state index contributed by atoms with van der Waals surface area (Å²) in [4.78, 5) is 12.3. The minimum atomic E-state index is -0.186. The third-order valence-corrected chi connectivity index (χ3v) is 3.70. The van der Waals surface area contributed by atoms with Gasteiger partial charge in [0.25, 0.3) is 0 Å². The van der Waals surface area contributed by atoms with E-state index < -0.39 is 0 Å². The van der Waals surface area contributed by atoms with Gasteiger partial charge in [0.05, 0.1) is 31.9 Å². The summed E-state index contributed by atoms with van der Waals surface area (Å²) in [7, 11) is 3.41. The van der Waals surface area contributed by atoms with Crippen molar-refractivity contribution in [2.75, 3.05) is 32.7 Å². The number of methoxy groups -OCH3 is 1.